The van der Waals surface area contributed by atoms with E-state index in [1.165, 1.54) is 5.69 Å². The Morgan fingerprint density at radius 1 is 1.46 bits per heavy atom. The Labute approximate surface area is 161 Å². The predicted octanol–water partition coefficient (Wildman–Crippen LogP) is 3.62. The standard InChI is InChI=1S/C18H27N5.HI/c1-5-7-8-12-22(4)18(19-6-2)20-13-16-14-23-15(3)10-9-11-17(23)21-16;/h5,9-11,14H,1,6-8,12-13H2,2-4H3,(H,19,20);1H. The second kappa shape index (κ2) is 10.3. The number of unbranched alkanes of at least 4 members (excludes halogenated alkanes) is 1. The first kappa shape index (κ1) is 20.5. The Bertz CT molecular complexity index is 677. The minimum Gasteiger partial charge on any atom is -0.357 e. The van der Waals surface area contributed by atoms with Crippen LogP contribution in [0.1, 0.15) is 31.2 Å². The molecule has 0 aliphatic heterocycles. The highest BCUT2D eigenvalue weighted by atomic mass is 127. The second-order valence-electron chi connectivity index (χ2n) is 5.65. The van der Waals surface area contributed by atoms with Gasteiger partial charge in [-0.1, -0.05) is 12.1 Å². The molecule has 0 aliphatic carbocycles. The number of imidazole rings is 1. The summed E-state index contributed by atoms with van der Waals surface area (Å²) in [6.07, 6.45) is 6.12. The number of halogens is 1. The number of aliphatic imine (C=N–C) groups is 1. The van der Waals surface area contributed by atoms with E-state index < -0.39 is 0 Å². The van der Waals surface area contributed by atoms with Crippen LogP contribution in [-0.4, -0.2) is 40.4 Å². The van der Waals surface area contributed by atoms with Crippen molar-refractivity contribution >= 4 is 35.6 Å². The average molecular weight is 441 g/mol. The summed E-state index contributed by atoms with van der Waals surface area (Å²) in [6.45, 7) is 10.3. The summed E-state index contributed by atoms with van der Waals surface area (Å²) in [7, 11) is 2.07. The number of allylic oxidation sites excluding steroid dienone is 1. The Kier molecular flexibility index (Phi) is 8.81. The van der Waals surface area contributed by atoms with Gasteiger partial charge in [0.15, 0.2) is 5.96 Å². The van der Waals surface area contributed by atoms with Gasteiger partial charge < -0.3 is 14.6 Å². The average Bonchev–Trinajstić information content (AvgIpc) is 2.96. The van der Waals surface area contributed by atoms with Crippen LogP contribution in [0, 0.1) is 6.92 Å². The zero-order chi connectivity index (χ0) is 16.7. The van der Waals surface area contributed by atoms with Crippen LogP contribution in [0.25, 0.3) is 5.65 Å². The van der Waals surface area contributed by atoms with Crippen molar-refractivity contribution in [3.05, 3.63) is 48.4 Å². The van der Waals surface area contributed by atoms with Crippen molar-refractivity contribution in [2.45, 2.75) is 33.2 Å². The van der Waals surface area contributed by atoms with Crippen LogP contribution in [0.3, 0.4) is 0 Å². The van der Waals surface area contributed by atoms with Crippen LogP contribution >= 0.6 is 24.0 Å². The minimum atomic E-state index is 0. The Morgan fingerprint density at radius 2 is 2.25 bits per heavy atom. The highest BCUT2D eigenvalue weighted by Gasteiger charge is 2.06. The minimum absolute atomic E-state index is 0. The van der Waals surface area contributed by atoms with Crippen LogP contribution in [0.4, 0.5) is 0 Å². The molecule has 1 N–H and O–H groups in total. The quantitative estimate of drug-likeness (QED) is 0.235. The zero-order valence-corrected chi connectivity index (χ0v) is 17.2. The van der Waals surface area contributed by atoms with Crippen LogP contribution in [0.15, 0.2) is 42.0 Å². The first-order valence-electron chi connectivity index (χ1n) is 8.19. The molecule has 0 fully saturated rings. The lowest BCUT2D eigenvalue weighted by atomic mass is 10.3. The topological polar surface area (TPSA) is 44.9 Å². The fourth-order valence-electron chi connectivity index (χ4n) is 2.48. The number of hydrogen-bond donors (Lipinski definition) is 1. The van der Waals surface area contributed by atoms with Crippen molar-refractivity contribution in [3.8, 4) is 0 Å². The van der Waals surface area contributed by atoms with E-state index in [0.29, 0.717) is 6.54 Å². The number of fused-ring (bicyclic) bond motifs is 1. The predicted molar refractivity (Wildman–Crippen MR) is 112 cm³/mol. The number of aryl methyl sites for hydroxylation is 1. The highest BCUT2D eigenvalue weighted by molar-refractivity contribution is 14.0. The Morgan fingerprint density at radius 3 is 2.92 bits per heavy atom. The highest BCUT2D eigenvalue weighted by Crippen LogP contribution is 2.09. The molecule has 5 nitrogen and oxygen atoms in total. The summed E-state index contributed by atoms with van der Waals surface area (Å²) >= 11 is 0. The number of pyridine rings is 1. The number of hydrogen-bond acceptors (Lipinski definition) is 2. The Balaban J connectivity index is 0.00000288. The van der Waals surface area contributed by atoms with E-state index in [4.69, 9.17) is 4.99 Å². The summed E-state index contributed by atoms with van der Waals surface area (Å²) in [6, 6.07) is 6.13. The molecule has 0 bridgehead atoms. The lowest BCUT2D eigenvalue weighted by Crippen LogP contribution is -2.39. The molecular weight excluding hydrogens is 413 g/mol. The molecule has 2 rings (SSSR count). The zero-order valence-electron chi connectivity index (χ0n) is 14.8. The van der Waals surface area contributed by atoms with Gasteiger partial charge in [-0.05, 0) is 38.8 Å². The molecule has 0 radical (unpaired) electrons. The largest absolute Gasteiger partial charge is 0.357 e. The first-order valence-corrected chi connectivity index (χ1v) is 8.19. The third-order valence-electron chi connectivity index (χ3n) is 3.73. The van der Waals surface area contributed by atoms with Crippen LogP contribution in [0.2, 0.25) is 0 Å². The molecule has 2 aromatic rings. The van der Waals surface area contributed by atoms with Gasteiger partial charge in [-0.15, -0.1) is 30.6 Å². The smallest absolute Gasteiger partial charge is 0.194 e. The summed E-state index contributed by atoms with van der Waals surface area (Å²) in [4.78, 5) is 11.5. The van der Waals surface area contributed by atoms with Crippen molar-refractivity contribution in [3.63, 3.8) is 0 Å². The molecular formula is C18H28IN5. The molecule has 2 heterocycles. The summed E-state index contributed by atoms with van der Waals surface area (Å²) in [5.74, 6) is 0.922. The van der Waals surface area contributed by atoms with Crippen LogP contribution < -0.4 is 5.32 Å². The van der Waals surface area contributed by atoms with Gasteiger partial charge in [0.25, 0.3) is 0 Å². The van der Waals surface area contributed by atoms with Crippen LogP contribution in [-0.2, 0) is 6.54 Å². The van der Waals surface area contributed by atoms with E-state index in [1.807, 2.05) is 18.2 Å². The van der Waals surface area contributed by atoms with Gasteiger partial charge in [-0.25, -0.2) is 9.98 Å². The molecule has 2 aromatic heterocycles. The SMILES string of the molecule is C=CCCCN(C)C(=NCc1cn2c(C)cccc2n1)NCC.I. The lowest BCUT2D eigenvalue weighted by molar-refractivity contribution is 0.470. The van der Waals surface area contributed by atoms with Gasteiger partial charge in [0, 0.05) is 32.0 Å². The first-order chi connectivity index (χ1) is 11.2. The van der Waals surface area contributed by atoms with Gasteiger partial charge in [0.05, 0.1) is 12.2 Å². The fourth-order valence-corrected chi connectivity index (χ4v) is 2.48. The van der Waals surface area contributed by atoms with Gasteiger partial charge in [-0.3, -0.25) is 0 Å². The second-order valence-corrected chi connectivity index (χ2v) is 5.65. The maximum absolute atomic E-state index is 4.72. The molecule has 0 atom stereocenters. The van der Waals surface area contributed by atoms with E-state index in [2.05, 4.69) is 59.3 Å². The molecule has 24 heavy (non-hydrogen) atoms. The molecule has 0 aliphatic rings. The lowest BCUT2D eigenvalue weighted by Gasteiger charge is -2.21. The normalized spacial score (nSPS) is 11.2. The van der Waals surface area contributed by atoms with Gasteiger partial charge in [0.1, 0.15) is 5.65 Å². The third-order valence-corrected chi connectivity index (χ3v) is 3.73. The van der Waals surface area contributed by atoms with Gasteiger partial charge in [0.2, 0.25) is 0 Å². The molecule has 0 spiro atoms. The van der Waals surface area contributed by atoms with Gasteiger partial charge >= 0.3 is 0 Å². The molecule has 0 saturated heterocycles. The number of rotatable bonds is 7. The summed E-state index contributed by atoms with van der Waals surface area (Å²) < 4.78 is 2.10. The molecule has 0 amide bonds. The van der Waals surface area contributed by atoms with Crippen LogP contribution in [0.5, 0.6) is 0 Å². The number of nitrogens with one attached hydrogen (secondary N) is 1. The maximum atomic E-state index is 4.72. The molecule has 0 unspecified atom stereocenters. The molecule has 6 heteroatoms. The van der Waals surface area contributed by atoms with Crippen molar-refractivity contribution in [1.82, 2.24) is 19.6 Å². The maximum Gasteiger partial charge on any atom is 0.194 e. The van der Waals surface area contributed by atoms with Crippen molar-refractivity contribution < 1.29 is 0 Å². The summed E-state index contributed by atoms with van der Waals surface area (Å²) in [5, 5.41) is 3.34. The van der Waals surface area contributed by atoms with Gasteiger partial charge in [-0.2, -0.15) is 0 Å². The number of aromatic nitrogens is 2. The van der Waals surface area contributed by atoms with E-state index in [-0.39, 0.29) is 24.0 Å². The van der Waals surface area contributed by atoms with E-state index in [0.717, 1.165) is 43.2 Å². The van der Waals surface area contributed by atoms with Crippen molar-refractivity contribution in [2.24, 2.45) is 4.99 Å². The monoisotopic (exact) mass is 441 g/mol. The summed E-state index contributed by atoms with van der Waals surface area (Å²) in [5.41, 5.74) is 3.13. The van der Waals surface area contributed by atoms with E-state index >= 15 is 0 Å². The molecule has 0 aromatic carbocycles. The molecule has 0 saturated carbocycles. The third kappa shape index (κ3) is 5.51. The van der Waals surface area contributed by atoms with E-state index in [9.17, 15) is 0 Å². The van der Waals surface area contributed by atoms with Crippen molar-refractivity contribution in [1.29, 1.82) is 0 Å². The number of nitrogens with zero attached hydrogens (tertiary/aromatic N) is 4. The molecule has 132 valence electrons. The Hall–Kier alpha value is -1.57. The fraction of sp³-hybridized carbons (Fsp3) is 0.444. The van der Waals surface area contributed by atoms with Crippen molar-refractivity contribution in [2.75, 3.05) is 20.1 Å². The number of guanidine groups is 1. The van der Waals surface area contributed by atoms with E-state index in [1.54, 1.807) is 0 Å².